The van der Waals surface area contributed by atoms with E-state index in [4.69, 9.17) is 9.47 Å². The number of aliphatic hydroxyl groups excluding tert-OH is 1. The van der Waals surface area contributed by atoms with Gasteiger partial charge >= 0.3 is 0 Å². The zero-order valence-corrected chi connectivity index (χ0v) is 11.5. The van der Waals surface area contributed by atoms with E-state index < -0.39 is 0 Å². The van der Waals surface area contributed by atoms with Crippen LogP contribution in [0.3, 0.4) is 0 Å². The van der Waals surface area contributed by atoms with Crippen molar-refractivity contribution < 1.29 is 14.6 Å². The Morgan fingerprint density at radius 1 is 1.18 bits per heavy atom. The molecule has 1 saturated carbocycles. The first-order valence-electron chi connectivity index (χ1n) is 6.96. The highest BCUT2D eigenvalue weighted by atomic mass is 16.7. The molecule has 3 unspecified atom stereocenters. The van der Waals surface area contributed by atoms with Crippen LogP contribution >= 0.6 is 0 Å². The smallest absolute Gasteiger partial charge is 0.157 e. The molecule has 0 heterocycles. The molecule has 1 N–H and O–H groups in total. The predicted molar refractivity (Wildman–Crippen MR) is 68.8 cm³/mol. The van der Waals surface area contributed by atoms with Crippen LogP contribution in [0, 0.1) is 11.8 Å². The zero-order chi connectivity index (χ0) is 12.7. The van der Waals surface area contributed by atoms with Gasteiger partial charge in [-0.05, 0) is 31.1 Å². The summed E-state index contributed by atoms with van der Waals surface area (Å²) in [5.74, 6) is 1.01. The van der Waals surface area contributed by atoms with Crippen molar-refractivity contribution in [3.63, 3.8) is 0 Å². The van der Waals surface area contributed by atoms with E-state index in [2.05, 4.69) is 6.92 Å². The molecule has 3 atom stereocenters. The van der Waals surface area contributed by atoms with Crippen LogP contribution in [0.15, 0.2) is 0 Å². The molecule has 0 saturated heterocycles. The van der Waals surface area contributed by atoms with Gasteiger partial charge in [0.1, 0.15) is 0 Å². The number of aliphatic hydroxyl groups is 1. The average Bonchev–Trinajstić information content (AvgIpc) is 2.68. The minimum absolute atomic E-state index is 0.105. The quantitative estimate of drug-likeness (QED) is 0.527. The summed E-state index contributed by atoms with van der Waals surface area (Å²) in [6.07, 6.45) is 7.66. The lowest BCUT2D eigenvalue weighted by molar-refractivity contribution is -0.117. The number of hydrogen-bond donors (Lipinski definition) is 1. The lowest BCUT2D eigenvalue weighted by Crippen LogP contribution is -2.24. The minimum Gasteiger partial charge on any atom is -0.393 e. The summed E-state index contributed by atoms with van der Waals surface area (Å²) in [6.45, 7) is 2.22. The Balaban J connectivity index is 2.40. The van der Waals surface area contributed by atoms with Crippen LogP contribution in [0.1, 0.15) is 51.9 Å². The molecule has 0 aliphatic heterocycles. The number of methoxy groups -OCH3 is 2. The average molecular weight is 244 g/mol. The van der Waals surface area contributed by atoms with Crippen LogP contribution in [-0.4, -0.2) is 31.7 Å². The molecule has 0 radical (unpaired) electrons. The Bertz CT molecular complexity index is 192. The molecule has 1 aliphatic carbocycles. The van der Waals surface area contributed by atoms with Crippen molar-refractivity contribution in [2.75, 3.05) is 14.2 Å². The van der Waals surface area contributed by atoms with Gasteiger partial charge in [-0.1, -0.05) is 26.2 Å². The van der Waals surface area contributed by atoms with Crippen LogP contribution < -0.4 is 0 Å². The van der Waals surface area contributed by atoms with Crippen molar-refractivity contribution in [1.82, 2.24) is 0 Å². The summed E-state index contributed by atoms with van der Waals surface area (Å²) in [7, 11) is 3.37. The highest BCUT2D eigenvalue weighted by molar-refractivity contribution is 4.85. The first kappa shape index (κ1) is 14.9. The number of unbranched alkanes of at least 4 members (excludes halogenated alkanes) is 2. The molecular formula is C14H28O3. The summed E-state index contributed by atoms with van der Waals surface area (Å²) < 4.78 is 10.5. The summed E-state index contributed by atoms with van der Waals surface area (Å²) in [5.41, 5.74) is 0. The molecule has 1 fully saturated rings. The molecule has 3 heteroatoms. The van der Waals surface area contributed by atoms with Crippen molar-refractivity contribution >= 4 is 0 Å². The largest absolute Gasteiger partial charge is 0.393 e. The van der Waals surface area contributed by atoms with Gasteiger partial charge in [0.15, 0.2) is 6.29 Å². The summed E-state index contributed by atoms with van der Waals surface area (Å²) in [5, 5.41) is 10.0. The van der Waals surface area contributed by atoms with E-state index in [9.17, 15) is 5.11 Å². The van der Waals surface area contributed by atoms with Crippen molar-refractivity contribution in [2.45, 2.75) is 64.3 Å². The van der Waals surface area contributed by atoms with Crippen molar-refractivity contribution in [2.24, 2.45) is 11.8 Å². The van der Waals surface area contributed by atoms with Gasteiger partial charge in [0.2, 0.25) is 0 Å². The lowest BCUT2D eigenvalue weighted by atomic mass is 9.87. The van der Waals surface area contributed by atoms with Gasteiger partial charge in [0, 0.05) is 20.6 Å². The third-order valence-electron chi connectivity index (χ3n) is 4.09. The molecule has 17 heavy (non-hydrogen) atoms. The van der Waals surface area contributed by atoms with Crippen molar-refractivity contribution in [3.8, 4) is 0 Å². The fourth-order valence-electron chi connectivity index (χ4n) is 3.01. The molecule has 0 aromatic rings. The van der Waals surface area contributed by atoms with E-state index in [0.717, 1.165) is 25.7 Å². The second-order valence-corrected chi connectivity index (χ2v) is 5.20. The van der Waals surface area contributed by atoms with E-state index in [1.807, 2.05) is 0 Å². The SMILES string of the molecule is CCCCCC1C(O)CCC1CC(OC)OC. The van der Waals surface area contributed by atoms with Gasteiger partial charge in [-0.2, -0.15) is 0 Å². The van der Waals surface area contributed by atoms with Crippen LogP contribution in [0.2, 0.25) is 0 Å². The van der Waals surface area contributed by atoms with Crippen LogP contribution in [-0.2, 0) is 9.47 Å². The third-order valence-corrected chi connectivity index (χ3v) is 4.09. The monoisotopic (exact) mass is 244 g/mol. The molecule has 0 spiro atoms. The number of hydrogen-bond acceptors (Lipinski definition) is 3. The molecule has 3 nitrogen and oxygen atoms in total. The third kappa shape index (κ3) is 4.57. The fourth-order valence-corrected chi connectivity index (χ4v) is 3.01. The molecule has 1 rings (SSSR count). The van der Waals surface area contributed by atoms with Gasteiger partial charge in [-0.25, -0.2) is 0 Å². The standard InChI is InChI=1S/C14H28O3/c1-4-5-6-7-12-11(8-9-13(12)15)10-14(16-2)17-3/h11-15H,4-10H2,1-3H3. The molecule has 0 aromatic carbocycles. The zero-order valence-electron chi connectivity index (χ0n) is 11.5. The second kappa shape index (κ2) is 8.06. The second-order valence-electron chi connectivity index (χ2n) is 5.20. The first-order chi connectivity index (χ1) is 8.22. The Morgan fingerprint density at radius 3 is 2.47 bits per heavy atom. The van der Waals surface area contributed by atoms with Crippen LogP contribution in [0.5, 0.6) is 0 Å². The van der Waals surface area contributed by atoms with Gasteiger partial charge in [0.05, 0.1) is 6.10 Å². The normalized spacial score (nSPS) is 29.1. The summed E-state index contributed by atoms with van der Waals surface area (Å²) in [6, 6.07) is 0. The maximum atomic E-state index is 10.0. The van der Waals surface area contributed by atoms with Crippen molar-refractivity contribution in [3.05, 3.63) is 0 Å². The van der Waals surface area contributed by atoms with Crippen LogP contribution in [0.4, 0.5) is 0 Å². The molecular weight excluding hydrogens is 216 g/mol. The molecule has 0 amide bonds. The van der Waals surface area contributed by atoms with E-state index in [1.54, 1.807) is 14.2 Å². The Hall–Kier alpha value is -0.120. The molecule has 0 bridgehead atoms. The van der Waals surface area contributed by atoms with E-state index in [1.165, 1.54) is 19.3 Å². The Morgan fingerprint density at radius 2 is 1.88 bits per heavy atom. The molecule has 1 aliphatic rings. The van der Waals surface area contributed by atoms with Gasteiger partial charge < -0.3 is 14.6 Å². The maximum absolute atomic E-state index is 10.0. The summed E-state index contributed by atoms with van der Waals surface area (Å²) in [4.78, 5) is 0. The highest BCUT2D eigenvalue weighted by Gasteiger charge is 2.35. The van der Waals surface area contributed by atoms with Gasteiger partial charge in [-0.3, -0.25) is 0 Å². The maximum Gasteiger partial charge on any atom is 0.157 e. The number of rotatable bonds is 8. The van der Waals surface area contributed by atoms with Gasteiger partial charge in [-0.15, -0.1) is 0 Å². The molecule has 0 aromatic heterocycles. The van der Waals surface area contributed by atoms with Crippen molar-refractivity contribution in [1.29, 1.82) is 0 Å². The summed E-state index contributed by atoms with van der Waals surface area (Å²) >= 11 is 0. The lowest BCUT2D eigenvalue weighted by Gasteiger charge is -2.25. The topological polar surface area (TPSA) is 38.7 Å². The molecule has 102 valence electrons. The van der Waals surface area contributed by atoms with E-state index in [0.29, 0.717) is 11.8 Å². The Kier molecular flexibility index (Phi) is 7.09. The van der Waals surface area contributed by atoms with E-state index >= 15 is 0 Å². The minimum atomic E-state index is -0.112. The number of ether oxygens (including phenoxy) is 2. The van der Waals surface area contributed by atoms with Gasteiger partial charge in [0.25, 0.3) is 0 Å². The first-order valence-corrected chi connectivity index (χ1v) is 6.96. The van der Waals surface area contributed by atoms with Crippen LogP contribution in [0.25, 0.3) is 0 Å². The van der Waals surface area contributed by atoms with E-state index in [-0.39, 0.29) is 12.4 Å². The Labute approximate surface area is 105 Å². The fraction of sp³-hybridized carbons (Fsp3) is 1.00. The highest BCUT2D eigenvalue weighted by Crippen LogP contribution is 2.38. The predicted octanol–water partition coefficient (Wildman–Crippen LogP) is 2.96.